The summed E-state index contributed by atoms with van der Waals surface area (Å²) in [7, 11) is -8.70. The summed E-state index contributed by atoms with van der Waals surface area (Å²) in [6.45, 7) is 1.72. The third kappa shape index (κ3) is 9.25. The number of ether oxygens (including phenoxy) is 1. The number of azo groups is 1. The van der Waals surface area contributed by atoms with Crippen molar-refractivity contribution in [2.24, 2.45) is 10.2 Å². The first-order valence-corrected chi connectivity index (χ1v) is 14.6. The van der Waals surface area contributed by atoms with Crippen molar-refractivity contribution in [1.82, 2.24) is 15.0 Å². The van der Waals surface area contributed by atoms with Crippen LogP contribution in [-0.4, -0.2) is 66.3 Å². The van der Waals surface area contributed by atoms with Gasteiger partial charge in [0.25, 0.3) is 0 Å². The van der Waals surface area contributed by atoms with Crippen molar-refractivity contribution in [3.8, 4) is 5.75 Å². The summed E-state index contributed by atoms with van der Waals surface area (Å²) < 4.78 is 76.5. The molecule has 0 spiro atoms. The van der Waals surface area contributed by atoms with Crippen LogP contribution in [-0.2, 0) is 20.2 Å². The number of hydrogen-bond donors (Lipinski definition) is 3. The molecule has 0 aliphatic rings. The van der Waals surface area contributed by atoms with E-state index in [1.807, 2.05) is 0 Å². The van der Waals surface area contributed by atoms with Crippen molar-refractivity contribution in [2.45, 2.75) is 16.7 Å². The SMILES string of the molecule is COc1cc(N=Nc2cc(S(=O)(=O)[O-])c3cccc(S(=O)(=O)[O-])c3c2)c(C)cc1Nc1nc(Cl)nc(NCCO)n1.[Na+].[Na+]. The Morgan fingerprint density at radius 1 is 0.930 bits per heavy atom. The molecule has 0 atom stereocenters. The third-order valence-corrected chi connectivity index (χ3v) is 7.42. The van der Waals surface area contributed by atoms with Crippen LogP contribution >= 0.6 is 11.6 Å². The molecule has 0 aliphatic carbocycles. The molecule has 1 aromatic heterocycles. The molecule has 0 saturated carbocycles. The van der Waals surface area contributed by atoms with Gasteiger partial charge in [-0.3, -0.25) is 0 Å². The summed E-state index contributed by atoms with van der Waals surface area (Å²) in [5.41, 5.74) is 1.04. The number of aliphatic hydroxyl groups excluding tert-OH is 1. The van der Waals surface area contributed by atoms with E-state index in [1.165, 1.54) is 19.2 Å². The Morgan fingerprint density at radius 2 is 1.60 bits per heavy atom. The van der Waals surface area contributed by atoms with Crippen LogP contribution < -0.4 is 74.5 Å². The van der Waals surface area contributed by atoms with Crippen molar-refractivity contribution in [1.29, 1.82) is 0 Å². The fourth-order valence-electron chi connectivity index (χ4n) is 3.73. The predicted octanol–water partition coefficient (Wildman–Crippen LogP) is -2.63. The topological polar surface area (TPSA) is 231 Å². The number of anilines is 3. The van der Waals surface area contributed by atoms with E-state index in [4.69, 9.17) is 21.4 Å². The minimum atomic E-state index is -5.08. The van der Waals surface area contributed by atoms with Crippen LogP contribution in [0.4, 0.5) is 29.0 Å². The number of nitrogens with zero attached hydrogens (tertiary/aromatic N) is 5. The Balaban J connectivity index is 0.00000323. The van der Waals surface area contributed by atoms with Crippen LogP contribution in [0.25, 0.3) is 10.8 Å². The van der Waals surface area contributed by atoms with Gasteiger partial charge in [-0.05, 0) is 48.4 Å². The van der Waals surface area contributed by atoms with Crippen LogP contribution in [0.15, 0.2) is 62.5 Å². The van der Waals surface area contributed by atoms with E-state index in [-0.39, 0.29) is 117 Å². The first-order chi connectivity index (χ1) is 19.3. The summed E-state index contributed by atoms with van der Waals surface area (Å²) in [4.78, 5) is 10.6. The average molecular weight is 668 g/mol. The first kappa shape index (κ1) is 37.2. The van der Waals surface area contributed by atoms with Crippen LogP contribution in [0.3, 0.4) is 0 Å². The Hall–Kier alpha value is -2.00. The maximum atomic E-state index is 11.9. The fourth-order valence-corrected chi connectivity index (χ4v) is 5.28. The van der Waals surface area contributed by atoms with Crippen molar-refractivity contribution in [3.63, 3.8) is 0 Å². The maximum absolute atomic E-state index is 11.9. The summed E-state index contributed by atoms with van der Waals surface area (Å²) in [6.07, 6.45) is 0. The summed E-state index contributed by atoms with van der Waals surface area (Å²) >= 11 is 5.96. The van der Waals surface area contributed by atoms with Gasteiger partial charge in [-0.15, -0.1) is 0 Å². The van der Waals surface area contributed by atoms with Gasteiger partial charge in [0.15, 0.2) is 0 Å². The molecule has 0 fully saturated rings. The van der Waals surface area contributed by atoms with E-state index in [9.17, 15) is 25.9 Å². The molecule has 4 aromatic rings. The number of methoxy groups -OCH3 is 1. The molecule has 0 aliphatic heterocycles. The van der Waals surface area contributed by atoms with Gasteiger partial charge in [0.1, 0.15) is 26.0 Å². The van der Waals surface area contributed by atoms with Gasteiger partial charge in [0.2, 0.25) is 17.2 Å². The number of hydrogen-bond acceptors (Lipinski definition) is 15. The fraction of sp³-hybridized carbons (Fsp3) is 0.174. The third-order valence-electron chi connectivity index (χ3n) is 5.48. The van der Waals surface area contributed by atoms with Crippen LogP contribution in [0.2, 0.25) is 5.28 Å². The molecule has 15 nitrogen and oxygen atoms in total. The summed E-state index contributed by atoms with van der Waals surface area (Å²) in [5, 5.41) is 22.2. The number of aromatic nitrogens is 3. The number of rotatable bonds is 10. The molecule has 0 unspecified atom stereocenters. The van der Waals surface area contributed by atoms with Crippen molar-refractivity contribution >= 4 is 71.6 Å². The Bertz CT molecular complexity index is 1900. The van der Waals surface area contributed by atoms with Gasteiger partial charge in [-0.1, -0.05) is 12.1 Å². The zero-order valence-electron chi connectivity index (χ0n) is 23.2. The minimum Gasteiger partial charge on any atom is -0.744 e. The molecule has 0 saturated heterocycles. The van der Waals surface area contributed by atoms with Gasteiger partial charge in [0, 0.05) is 23.4 Å². The normalized spacial score (nSPS) is 11.6. The van der Waals surface area contributed by atoms with Gasteiger partial charge < -0.3 is 29.6 Å². The second-order valence-electron chi connectivity index (χ2n) is 8.27. The van der Waals surface area contributed by atoms with E-state index >= 15 is 0 Å². The molecule has 216 valence electrons. The molecule has 3 N–H and O–H groups in total. The quantitative estimate of drug-likeness (QED) is 0.0894. The number of nitrogens with one attached hydrogen (secondary N) is 2. The van der Waals surface area contributed by atoms with E-state index in [2.05, 4.69) is 35.8 Å². The van der Waals surface area contributed by atoms with Crippen molar-refractivity contribution in [3.05, 3.63) is 53.3 Å². The molecule has 1 heterocycles. The maximum Gasteiger partial charge on any atom is 1.00 e. The van der Waals surface area contributed by atoms with E-state index in [1.54, 1.807) is 13.0 Å². The molecule has 0 amide bonds. The molecular formula is C23H20ClN7Na2O8S2. The zero-order valence-corrected chi connectivity index (χ0v) is 29.6. The van der Waals surface area contributed by atoms with Crippen LogP contribution in [0.5, 0.6) is 5.75 Å². The molecule has 0 bridgehead atoms. The number of benzene rings is 3. The molecule has 20 heteroatoms. The van der Waals surface area contributed by atoms with E-state index in [0.717, 1.165) is 24.3 Å². The number of aryl methyl sites for hydroxylation is 1. The molecule has 43 heavy (non-hydrogen) atoms. The average Bonchev–Trinajstić information content (AvgIpc) is 2.89. The molecule has 4 rings (SSSR count). The molecule has 3 aromatic carbocycles. The van der Waals surface area contributed by atoms with Crippen molar-refractivity contribution in [2.75, 3.05) is 30.9 Å². The molecule has 0 radical (unpaired) electrons. The van der Waals surface area contributed by atoms with E-state index in [0.29, 0.717) is 11.3 Å². The number of aliphatic hydroxyl groups is 1. The van der Waals surface area contributed by atoms with Crippen molar-refractivity contribution < 1.29 is 94.9 Å². The van der Waals surface area contributed by atoms with Crippen LogP contribution in [0, 0.1) is 6.92 Å². The Labute approximate surface area is 295 Å². The monoisotopic (exact) mass is 667 g/mol. The largest absolute Gasteiger partial charge is 1.00 e. The van der Waals surface area contributed by atoms with Gasteiger partial charge in [0.05, 0.1) is 40.6 Å². The van der Waals surface area contributed by atoms with Gasteiger partial charge >= 0.3 is 59.1 Å². The summed E-state index contributed by atoms with van der Waals surface area (Å²) in [6, 6.07) is 8.57. The standard InChI is InChI=1S/C23H22ClN7O8S2.2Na/c1-12-8-17(26-23-28-21(24)27-22(29-23)25-6-7-32)18(39-2)11-16(12)31-30-13-9-15-14(20(10-13)41(36,37)38)4-3-5-19(15)40(33,34)35;;/h3-5,8-11,32H,6-7H2,1-2H3,(H,33,34,35)(H,36,37,38)(H2,25,26,27,28,29);;/q;2*+1/p-2. The van der Waals surface area contributed by atoms with Crippen LogP contribution in [0.1, 0.15) is 5.56 Å². The minimum absolute atomic E-state index is 0. The van der Waals surface area contributed by atoms with Gasteiger partial charge in [-0.25, -0.2) is 16.8 Å². The van der Waals surface area contributed by atoms with Gasteiger partial charge in [-0.2, -0.15) is 25.2 Å². The Kier molecular flexibility index (Phi) is 13.3. The predicted molar refractivity (Wildman–Crippen MR) is 145 cm³/mol. The second kappa shape index (κ2) is 15.3. The number of fused-ring (bicyclic) bond motifs is 1. The number of halogens is 1. The van der Waals surface area contributed by atoms with E-state index < -0.39 is 30.0 Å². The Morgan fingerprint density at radius 3 is 2.23 bits per heavy atom. The first-order valence-electron chi connectivity index (χ1n) is 11.4. The summed E-state index contributed by atoms with van der Waals surface area (Å²) in [5.74, 6) is 0.474. The smallest absolute Gasteiger partial charge is 0.744 e. The zero-order chi connectivity index (χ0) is 29.9. The second-order valence-corrected chi connectivity index (χ2v) is 11.3. The molecular weight excluding hydrogens is 648 g/mol.